The second-order valence-corrected chi connectivity index (χ2v) is 26.2. The molecule has 0 unspecified atom stereocenters. The van der Waals surface area contributed by atoms with E-state index in [9.17, 15) is 0 Å². The van der Waals surface area contributed by atoms with E-state index in [-0.39, 0.29) is 21.7 Å². The van der Waals surface area contributed by atoms with Crippen LogP contribution in [0.4, 0.5) is 22.7 Å². The Kier molecular flexibility index (Phi) is 13.2. The van der Waals surface area contributed by atoms with Gasteiger partial charge in [0.25, 0.3) is 0 Å². The molecule has 0 spiro atoms. The molecule has 404 valence electrons. The van der Waals surface area contributed by atoms with Gasteiger partial charge < -0.3 is 14.5 Å². The lowest BCUT2D eigenvalue weighted by Gasteiger charge is -2.28. The van der Waals surface area contributed by atoms with Crippen molar-refractivity contribution in [3.05, 3.63) is 241 Å². The third-order valence-corrected chi connectivity index (χ3v) is 16.3. The molecule has 2 aromatic heterocycles. The van der Waals surface area contributed by atoms with Gasteiger partial charge in [-0.2, -0.15) is 0 Å². The fourth-order valence-electron chi connectivity index (χ4n) is 11.8. The number of ether oxygens (including phenoxy) is 1. The first kappa shape index (κ1) is 53.0. The van der Waals surface area contributed by atoms with Crippen LogP contribution in [0.15, 0.2) is 219 Å². The zero-order valence-electron chi connectivity index (χ0n) is 49.2. The van der Waals surface area contributed by atoms with Crippen LogP contribution in [0.1, 0.15) is 105 Å². The molecule has 3 heterocycles. The fourth-order valence-corrected chi connectivity index (χ4v) is 11.8. The Morgan fingerprint density at radius 2 is 0.889 bits per heavy atom. The number of rotatable bonds is 9. The minimum atomic E-state index is -0.196. The Bertz CT molecular complexity index is 4120. The predicted molar refractivity (Wildman–Crippen MR) is 344 cm³/mol. The van der Waals surface area contributed by atoms with Crippen molar-refractivity contribution >= 4 is 44.6 Å². The number of para-hydroxylation sites is 4. The van der Waals surface area contributed by atoms with Gasteiger partial charge in [-0.3, -0.25) is 4.57 Å². The van der Waals surface area contributed by atoms with Gasteiger partial charge in [-0.1, -0.05) is 241 Å². The van der Waals surface area contributed by atoms with Gasteiger partial charge in [-0.25, -0.2) is 4.98 Å². The summed E-state index contributed by atoms with van der Waals surface area (Å²) in [5.41, 5.74) is 20.6. The number of fused-ring (bicyclic) bond motifs is 4. The molecule has 0 atom stereocenters. The molecular weight excluding hydrogens is 985 g/mol. The number of pyridine rings is 1. The lowest BCUT2D eigenvalue weighted by Crippen LogP contribution is -2.25. The second-order valence-electron chi connectivity index (χ2n) is 26.2. The first-order chi connectivity index (χ1) is 38.7. The van der Waals surface area contributed by atoms with Crippen molar-refractivity contribution in [2.24, 2.45) is 0 Å². The largest absolute Gasteiger partial charge is 0.457 e. The van der Waals surface area contributed by atoms with Crippen molar-refractivity contribution in [2.45, 2.75) is 105 Å². The minimum absolute atomic E-state index is 0.00574. The molecular formula is C76H74N4O. The van der Waals surface area contributed by atoms with E-state index in [1.54, 1.807) is 0 Å². The van der Waals surface area contributed by atoms with Gasteiger partial charge in [0.1, 0.15) is 24.0 Å². The van der Waals surface area contributed by atoms with Crippen LogP contribution in [0.3, 0.4) is 0 Å². The molecule has 0 fully saturated rings. The molecule has 0 bridgehead atoms. The normalized spacial score (nSPS) is 13.1. The van der Waals surface area contributed by atoms with E-state index in [4.69, 9.17) is 9.72 Å². The molecule has 0 N–H and O–H groups in total. The zero-order chi connectivity index (χ0) is 56.6. The highest BCUT2D eigenvalue weighted by Crippen LogP contribution is 2.52. The number of nitrogens with zero attached hydrogens (tertiary/aromatic N) is 4. The average Bonchev–Trinajstić information content (AvgIpc) is 4.12. The third kappa shape index (κ3) is 10.1. The maximum Gasteiger partial charge on any atom is 0.137 e. The number of aromatic nitrogens is 2. The van der Waals surface area contributed by atoms with E-state index in [0.717, 1.165) is 78.4 Å². The molecule has 81 heavy (non-hydrogen) atoms. The Balaban J connectivity index is 1.02. The maximum atomic E-state index is 7.42. The molecule has 0 amide bonds. The summed E-state index contributed by atoms with van der Waals surface area (Å²) in [5, 5.41) is 2.32. The van der Waals surface area contributed by atoms with Gasteiger partial charge in [-0.15, -0.1) is 0 Å². The first-order valence-electron chi connectivity index (χ1n) is 28.7. The molecule has 1 aliphatic rings. The Morgan fingerprint density at radius 3 is 1.47 bits per heavy atom. The quantitative estimate of drug-likeness (QED) is 0.144. The number of hydrogen-bond donors (Lipinski definition) is 0. The van der Waals surface area contributed by atoms with Crippen LogP contribution < -0.4 is 14.5 Å². The molecule has 12 rings (SSSR count). The van der Waals surface area contributed by atoms with Crippen LogP contribution in [0.5, 0.6) is 11.5 Å². The van der Waals surface area contributed by atoms with Gasteiger partial charge in [0.05, 0.1) is 28.1 Å². The lowest BCUT2D eigenvalue weighted by molar-refractivity contribution is 0.479. The van der Waals surface area contributed by atoms with Crippen LogP contribution >= 0.6 is 0 Å². The molecule has 1 aliphatic heterocycles. The summed E-state index contributed by atoms with van der Waals surface area (Å²) in [7, 11) is 0. The van der Waals surface area contributed by atoms with E-state index in [1.807, 2.05) is 0 Å². The molecule has 11 aromatic rings. The summed E-state index contributed by atoms with van der Waals surface area (Å²) >= 11 is 0. The summed E-state index contributed by atoms with van der Waals surface area (Å²) in [5.74, 6) is 2.39. The van der Waals surface area contributed by atoms with Crippen molar-refractivity contribution in [3.63, 3.8) is 0 Å². The highest BCUT2D eigenvalue weighted by molar-refractivity contribution is 6.16. The van der Waals surface area contributed by atoms with Gasteiger partial charge in [0.2, 0.25) is 0 Å². The highest BCUT2D eigenvalue weighted by atomic mass is 16.5. The molecule has 0 radical (unpaired) electrons. The van der Waals surface area contributed by atoms with Crippen molar-refractivity contribution in [2.75, 3.05) is 16.5 Å². The van der Waals surface area contributed by atoms with Gasteiger partial charge in [0, 0.05) is 51.5 Å². The Labute approximate surface area is 480 Å². The van der Waals surface area contributed by atoms with E-state index >= 15 is 0 Å². The van der Waals surface area contributed by atoms with E-state index in [2.05, 4.69) is 316 Å². The highest BCUT2D eigenvalue weighted by Gasteiger charge is 2.33. The van der Waals surface area contributed by atoms with Gasteiger partial charge >= 0.3 is 0 Å². The monoisotopic (exact) mass is 1060 g/mol. The van der Waals surface area contributed by atoms with Crippen LogP contribution in [0, 0.1) is 0 Å². The van der Waals surface area contributed by atoms with E-state index in [1.165, 1.54) is 50.2 Å². The van der Waals surface area contributed by atoms with Gasteiger partial charge in [-0.05, 0) is 114 Å². The Morgan fingerprint density at radius 1 is 0.383 bits per heavy atom. The number of hydrogen-bond acceptors (Lipinski definition) is 4. The van der Waals surface area contributed by atoms with Crippen LogP contribution in [-0.2, 0) is 21.7 Å². The summed E-state index contributed by atoms with van der Waals surface area (Å²) in [6, 6.07) is 77.8. The predicted octanol–water partition coefficient (Wildman–Crippen LogP) is 21.1. The van der Waals surface area contributed by atoms with Crippen molar-refractivity contribution in [3.8, 4) is 61.8 Å². The molecule has 0 saturated carbocycles. The van der Waals surface area contributed by atoms with Gasteiger partial charge in [0.15, 0.2) is 0 Å². The first-order valence-corrected chi connectivity index (χ1v) is 28.7. The number of anilines is 4. The average molecular weight is 1060 g/mol. The summed E-state index contributed by atoms with van der Waals surface area (Å²) in [6.07, 6.45) is 2.07. The molecule has 5 nitrogen and oxygen atoms in total. The third-order valence-electron chi connectivity index (χ3n) is 16.3. The SMILES string of the molecule is CC(C)(C)c1ccc(-c2cccc(-c3ccccc3)c2N2CN(c3cc(Oc4cc(-c5ccc(C(C)(C)C)cc5)c5c6ccccc6n(-c6cc(C(C)(C)C)c(-c7ccccc7)cn6)c5c4)cc(C(C)(C)C)c3)c3ccccc32)cc1. The zero-order valence-corrected chi connectivity index (χ0v) is 49.2. The van der Waals surface area contributed by atoms with Crippen molar-refractivity contribution < 1.29 is 4.74 Å². The van der Waals surface area contributed by atoms with Crippen LogP contribution in [0.25, 0.3) is 72.1 Å². The van der Waals surface area contributed by atoms with Crippen molar-refractivity contribution in [1.82, 2.24) is 9.55 Å². The van der Waals surface area contributed by atoms with Crippen molar-refractivity contribution in [1.29, 1.82) is 0 Å². The smallest absolute Gasteiger partial charge is 0.137 e. The summed E-state index contributed by atoms with van der Waals surface area (Å²) in [4.78, 5) is 10.3. The topological polar surface area (TPSA) is 33.5 Å². The lowest BCUT2D eigenvalue weighted by atomic mass is 9.82. The minimum Gasteiger partial charge on any atom is -0.457 e. The van der Waals surface area contributed by atoms with Crippen LogP contribution in [-0.4, -0.2) is 16.2 Å². The van der Waals surface area contributed by atoms with E-state index < -0.39 is 0 Å². The maximum absolute atomic E-state index is 7.42. The summed E-state index contributed by atoms with van der Waals surface area (Å²) < 4.78 is 9.77. The molecule has 5 heteroatoms. The van der Waals surface area contributed by atoms with Crippen LogP contribution in [0.2, 0.25) is 0 Å². The molecule has 0 saturated heterocycles. The fraction of sp³-hybridized carbons (Fsp3) is 0.224. The Hall–Kier alpha value is -8.67. The molecule has 9 aromatic carbocycles. The standard InChI is InChI=1S/C76H74N4O/c1-73(2,3)54-38-34-52(35-39-54)61-30-23-29-60(50-24-15-13-16-25-50)72(61)79-49-78(67-32-21-22-33-68(67)79)57-42-56(75(7,8)9)43-58(44-57)81-59-45-63(53-36-40-55(41-37-53)74(4,5)6)71-62-28-19-20-31-66(62)80(69(71)46-59)70-47-65(76(10,11)12)64(48-77-70)51-26-17-14-18-27-51/h13-48H,49H2,1-12H3. The van der Waals surface area contributed by atoms with E-state index in [0.29, 0.717) is 6.67 Å². The number of benzene rings is 9. The summed E-state index contributed by atoms with van der Waals surface area (Å²) in [6.45, 7) is 28.0. The second kappa shape index (κ2) is 20.1. The molecule has 0 aliphatic carbocycles.